The topological polar surface area (TPSA) is 29.5 Å². The Labute approximate surface area is 151 Å². The summed E-state index contributed by atoms with van der Waals surface area (Å²) < 4.78 is 5.26. The summed E-state index contributed by atoms with van der Waals surface area (Å²) in [4.78, 5) is 0. The first kappa shape index (κ1) is 19.1. The third kappa shape index (κ3) is 5.96. The van der Waals surface area contributed by atoms with Gasteiger partial charge in [0, 0.05) is 12.2 Å². The van der Waals surface area contributed by atoms with E-state index < -0.39 is 0 Å². The van der Waals surface area contributed by atoms with E-state index in [1.54, 1.807) is 7.11 Å². The molecule has 2 aromatic carbocycles. The molecule has 0 aliphatic heterocycles. The number of hydrogen-bond donors (Lipinski definition) is 1. The smallest absolute Gasteiger partial charge is 0.118 e. The fourth-order valence-electron chi connectivity index (χ4n) is 2.99. The summed E-state index contributed by atoms with van der Waals surface area (Å²) in [6.45, 7) is 2.36. The molecular formula is C23H28O2. The van der Waals surface area contributed by atoms with Gasteiger partial charge in [0.2, 0.25) is 0 Å². The Hall–Kier alpha value is -2.24. The van der Waals surface area contributed by atoms with Gasteiger partial charge in [-0.25, -0.2) is 0 Å². The standard InChI is InChI=1S/C23H28O2/c1-3-4-6-11-21(18-24)23(17-12-19-9-7-5-8-10-19)20-13-15-22(25-2)16-14-20/h5,7-10,13-16,21,23-24H,3-4,6,11,18H2,1-2H3/t21-,23+/m0/s1. The maximum atomic E-state index is 9.96. The van der Waals surface area contributed by atoms with Crippen molar-refractivity contribution in [3.8, 4) is 17.6 Å². The molecule has 2 aromatic rings. The van der Waals surface area contributed by atoms with Crippen LogP contribution >= 0.6 is 0 Å². The van der Waals surface area contributed by atoms with E-state index in [4.69, 9.17) is 4.74 Å². The number of ether oxygens (including phenoxy) is 1. The summed E-state index contributed by atoms with van der Waals surface area (Å²) in [6.07, 6.45) is 4.49. The van der Waals surface area contributed by atoms with Gasteiger partial charge in [-0.3, -0.25) is 0 Å². The summed E-state index contributed by atoms with van der Waals surface area (Å²) in [5, 5.41) is 9.96. The van der Waals surface area contributed by atoms with Crippen molar-refractivity contribution in [2.45, 2.75) is 38.5 Å². The van der Waals surface area contributed by atoms with Crippen molar-refractivity contribution in [2.24, 2.45) is 5.92 Å². The molecule has 0 unspecified atom stereocenters. The van der Waals surface area contributed by atoms with Crippen LogP contribution in [0.5, 0.6) is 5.75 Å². The van der Waals surface area contributed by atoms with Gasteiger partial charge >= 0.3 is 0 Å². The van der Waals surface area contributed by atoms with Gasteiger partial charge in [0.25, 0.3) is 0 Å². The largest absolute Gasteiger partial charge is 0.497 e. The van der Waals surface area contributed by atoms with Gasteiger partial charge in [0.1, 0.15) is 5.75 Å². The normalized spacial score (nSPS) is 12.8. The Kier molecular flexibility index (Phi) is 8.09. The van der Waals surface area contributed by atoms with E-state index in [1.165, 1.54) is 12.8 Å². The van der Waals surface area contributed by atoms with E-state index in [0.29, 0.717) is 0 Å². The van der Waals surface area contributed by atoms with Gasteiger partial charge < -0.3 is 9.84 Å². The quantitative estimate of drug-likeness (QED) is 0.542. The second-order valence-corrected chi connectivity index (χ2v) is 6.32. The molecule has 0 heterocycles. The van der Waals surface area contributed by atoms with Crippen LogP contribution in [0.1, 0.15) is 49.7 Å². The molecule has 0 aromatic heterocycles. The molecule has 0 saturated carbocycles. The lowest BCUT2D eigenvalue weighted by molar-refractivity contribution is 0.206. The summed E-state index contributed by atoms with van der Waals surface area (Å²) in [6, 6.07) is 18.1. The highest BCUT2D eigenvalue weighted by molar-refractivity contribution is 5.39. The molecule has 0 radical (unpaired) electrons. The average molecular weight is 336 g/mol. The van der Waals surface area contributed by atoms with E-state index >= 15 is 0 Å². The van der Waals surface area contributed by atoms with Crippen molar-refractivity contribution in [1.29, 1.82) is 0 Å². The van der Waals surface area contributed by atoms with Crippen molar-refractivity contribution >= 4 is 0 Å². The molecule has 0 amide bonds. The maximum absolute atomic E-state index is 9.96. The zero-order chi connectivity index (χ0) is 17.9. The highest BCUT2D eigenvalue weighted by Crippen LogP contribution is 2.29. The molecule has 0 saturated heterocycles. The van der Waals surface area contributed by atoms with Crippen LogP contribution in [0, 0.1) is 17.8 Å². The molecule has 0 aliphatic rings. The Bertz CT molecular complexity index is 665. The molecule has 0 spiro atoms. The Morgan fingerprint density at radius 1 is 1.00 bits per heavy atom. The highest BCUT2D eigenvalue weighted by atomic mass is 16.5. The lowest BCUT2D eigenvalue weighted by atomic mass is 9.83. The molecule has 132 valence electrons. The lowest BCUT2D eigenvalue weighted by Gasteiger charge is -2.22. The second-order valence-electron chi connectivity index (χ2n) is 6.32. The fraction of sp³-hybridized carbons (Fsp3) is 0.391. The monoisotopic (exact) mass is 336 g/mol. The Morgan fingerprint density at radius 3 is 2.32 bits per heavy atom. The van der Waals surface area contributed by atoms with E-state index in [-0.39, 0.29) is 18.4 Å². The van der Waals surface area contributed by atoms with Gasteiger partial charge in [-0.1, -0.05) is 68.4 Å². The predicted molar refractivity (Wildman–Crippen MR) is 104 cm³/mol. The summed E-state index contributed by atoms with van der Waals surface area (Å²) >= 11 is 0. The zero-order valence-corrected chi connectivity index (χ0v) is 15.2. The number of unbranched alkanes of at least 4 members (excludes halogenated alkanes) is 2. The average Bonchev–Trinajstić information content (AvgIpc) is 2.68. The van der Waals surface area contributed by atoms with Crippen LogP contribution in [0.3, 0.4) is 0 Å². The number of aliphatic hydroxyl groups excluding tert-OH is 1. The number of rotatable bonds is 8. The minimum absolute atomic E-state index is 0.0213. The van der Waals surface area contributed by atoms with Gasteiger partial charge in [-0.15, -0.1) is 0 Å². The van der Waals surface area contributed by atoms with Crippen LogP contribution in [-0.4, -0.2) is 18.8 Å². The SMILES string of the molecule is CCCCC[C@@H](CO)[C@H](C#Cc1ccccc1)c1ccc(OC)cc1. The number of aliphatic hydroxyl groups is 1. The third-order valence-corrected chi connectivity index (χ3v) is 4.51. The number of benzene rings is 2. The van der Waals surface area contributed by atoms with Crippen molar-refractivity contribution in [2.75, 3.05) is 13.7 Å². The van der Waals surface area contributed by atoms with Crippen molar-refractivity contribution in [1.82, 2.24) is 0 Å². The van der Waals surface area contributed by atoms with Crippen LogP contribution in [0.15, 0.2) is 54.6 Å². The van der Waals surface area contributed by atoms with Crippen LogP contribution in [0.2, 0.25) is 0 Å². The Balaban J connectivity index is 2.27. The second kappa shape index (κ2) is 10.6. The molecule has 2 heteroatoms. The van der Waals surface area contributed by atoms with E-state index in [1.807, 2.05) is 42.5 Å². The minimum Gasteiger partial charge on any atom is -0.497 e. The van der Waals surface area contributed by atoms with Gasteiger partial charge in [-0.2, -0.15) is 0 Å². The van der Waals surface area contributed by atoms with Gasteiger partial charge in [0.15, 0.2) is 0 Å². The first-order valence-corrected chi connectivity index (χ1v) is 9.09. The molecule has 1 N–H and O–H groups in total. The molecule has 0 bridgehead atoms. The predicted octanol–water partition coefficient (Wildman–Crippen LogP) is 5.02. The summed E-state index contributed by atoms with van der Waals surface area (Å²) in [5.74, 6) is 7.71. The molecule has 2 atom stereocenters. The Morgan fingerprint density at radius 2 is 1.72 bits per heavy atom. The molecule has 2 nitrogen and oxygen atoms in total. The van der Waals surface area contributed by atoms with Crippen molar-refractivity contribution in [3.05, 3.63) is 65.7 Å². The molecular weight excluding hydrogens is 308 g/mol. The third-order valence-electron chi connectivity index (χ3n) is 4.51. The van der Waals surface area contributed by atoms with E-state index in [0.717, 1.165) is 29.7 Å². The van der Waals surface area contributed by atoms with Crippen LogP contribution < -0.4 is 4.74 Å². The van der Waals surface area contributed by atoms with Crippen molar-refractivity contribution < 1.29 is 9.84 Å². The fourth-order valence-corrected chi connectivity index (χ4v) is 2.99. The zero-order valence-electron chi connectivity index (χ0n) is 15.2. The van der Waals surface area contributed by atoms with E-state index in [2.05, 4.69) is 30.9 Å². The maximum Gasteiger partial charge on any atom is 0.118 e. The van der Waals surface area contributed by atoms with Crippen LogP contribution in [0.25, 0.3) is 0 Å². The van der Waals surface area contributed by atoms with Crippen LogP contribution in [-0.2, 0) is 0 Å². The summed E-state index contributed by atoms with van der Waals surface area (Å²) in [5.41, 5.74) is 2.14. The first-order valence-electron chi connectivity index (χ1n) is 9.09. The lowest BCUT2D eigenvalue weighted by Crippen LogP contribution is -2.16. The number of methoxy groups -OCH3 is 1. The van der Waals surface area contributed by atoms with Crippen LogP contribution in [0.4, 0.5) is 0 Å². The first-order chi connectivity index (χ1) is 12.3. The van der Waals surface area contributed by atoms with Crippen molar-refractivity contribution in [3.63, 3.8) is 0 Å². The molecule has 0 aliphatic carbocycles. The van der Waals surface area contributed by atoms with Gasteiger partial charge in [0.05, 0.1) is 13.0 Å². The van der Waals surface area contributed by atoms with Gasteiger partial charge in [-0.05, 0) is 42.2 Å². The summed E-state index contributed by atoms with van der Waals surface area (Å²) in [7, 11) is 1.67. The molecule has 2 rings (SSSR count). The number of hydrogen-bond acceptors (Lipinski definition) is 2. The minimum atomic E-state index is 0.0213. The molecule has 25 heavy (non-hydrogen) atoms. The highest BCUT2D eigenvalue weighted by Gasteiger charge is 2.20. The molecule has 0 fully saturated rings. The van der Waals surface area contributed by atoms with E-state index in [9.17, 15) is 5.11 Å².